The first-order valence-corrected chi connectivity index (χ1v) is 10.8. The lowest BCUT2D eigenvalue weighted by Crippen LogP contribution is -2.31. The molecule has 0 aliphatic heterocycles. The molecule has 0 bridgehead atoms. The minimum atomic E-state index is -0.498. The summed E-state index contributed by atoms with van der Waals surface area (Å²) in [6.07, 6.45) is 2.52. The molecule has 8 heteroatoms. The number of nitrogens with zero attached hydrogens (tertiary/aromatic N) is 3. The summed E-state index contributed by atoms with van der Waals surface area (Å²) in [5.41, 5.74) is 0.549. The molecule has 1 N–H and O–H groups in total. The predicted molar refractivity (Wildman–Crippen MR) is 119 cm³/mol. The Labute approximate surface area is 180 Å². The Morgan fingerprint density at radius 2 is 1.90 bits per heavy atom. The predicted octanol–water partition coefficient (Wildman–Crippen LogP) is 3.10. The fourth-order valence-corrected chi connectivity index (χ4v) is 3.76. The summed E-state index contributed by atoms with van der Waals surface area (Å²) in [6.45, 7) is 6.48. The number of unbranched alkanes of at least 4 members (excludes halogenated alkanes) is 1. The van der Waals surface area contributed by atoms with Crippen molar-refractivity contribution in [2.24, 2.45) is 13.0 Å². The molecule has 0 fully saturated rings. The first-order valence-electron chi connectivity index (χ1n) is 10.8. The molecule has 1 aromatic carbocycles. The SMILES string of the molecule is CCCCn1c(=O)[nH]c(=O)c2c1nc(COC(=O)[C@H](c1ccccc1)[C@H](C)CC)n2C. The van der Waals surface area contributed by atoms with E-state index in [9.17, 15) is 14.4 Å². The van der Waals surface area contributed by atoms with Crippen LogP contribution in [0, 0.1) is 5.92 Å². The Morgan fingerprint density at radius 3 is 2.55 bits per heavy atom. The maximum Gasteiger partial charge on any atom is 0.330 e. The number of aromatic nitrogens is 4. The third-order valence-corrected chi connectivity index (χ3v) is 5.81. The zero-order valence-electron chi connectivity index (χ0n) is 18.6. The van der Waals surface area contributed by atoms with E-state index in [0.29, 0.717) is 23.5 Å². The van der Waals surface area contributed by atoms with E-state index >= 15 is 0 Å². The van der Waals surface area contributed by atoms with Crippen molar-refractivity contribution in [3.63, 3.8) is 0 Å². The van der Waals surface area contributed by atoms with Crippen molar-refractivity contribution in [3.05, 3.63) is 62.6 Å². The molecule has 2 aromatic heterocycles. The summed E-state index contributed by atoms with van der Waals surface area (Å²) < 4.78 is 8.70. The van der Waals surface area contributed by atoms with Gasteiger partial charge in [0.15, 0.2) is 11.2 Å². The van der Waals surface area contributed by atoms with Gasteiger partial charge in [-0.05, 0) is 17.9 Å². The average molecular weight is 427 g/mol. The molecule has 0 amide bonds. The van der Waals surface area contributed by atoms with Crippen molar-refractivity contribution < 1.29 is 9.53 Å². The van der Waals surface area contributed by atoms with Gasteiger partial charge in [0, 0.05) is 13.6 Å². The summed E-state index contributed by atoms with van der Waals surface area (Å²) in [7, 11) is 1.69. The van der Waals surface area contributed by atoms with Crippen molar-refractivity contribution in [1.82, 2.24) is 19.1 Å². The average Bonchev–Trinajstić information content (AvgIpc) is 3.09. The van der Waals surface area contributed by atoms with Crippen LogP contribution in [0.15, 0.2) is 39.9 Å². The van der Waals surface area contributed by atoms with Crippen LogP contribution in [0.4, 0.5) is 0 Å². The highest BCUT2D eigenvalue weighted by atomic mass is 16.5. The number of imidazole rings is 1. The first-order chi connectivity index (χ1) is 14.9. The smallest absolute Gasteiger partial charge is 0.330 e. The number of esters is 1. The van der Waals surface area contributed by atoms with Crippen LogP contribution in [0.5, 0.6) is 0 Å². The molecule has 3 aromatic rings. The number of nitrogens with one attached hydrogen (secondary N) is 1. The Kier molecular flexibility index (Phi) is 7.09. The molecule has 3 rings (SSSR count). The molecule has 2 atom stereocenters. The minimum absolute atomic E-state index is 0.0782. The molecular weight excluding hydrogens is 396 g/mol. The zero-order valence-corrected chi connectivity index (χ0v) is 18.6. The molecule has 166 valence electrons. The van der Waals surface area contributed by atoms with Crippen LogP contribution in [0.25, 0.3) is 11.2 Å². The second kappa shape index (κ2) is 9.76. The largest absolute Gasteiger partial charge is 0.457 e. The molecule has 0 spiro atoms. The molecule has 0 unspecified atom stereocenters. The number of benzene rings is 1. The Morgan fingerprint density at radius 1 is 1.19 bits per heavy atom. The number of rotatable bonds is 9. The summed E-state index contributed by atoms with van der Waals surface area (Å²) in [5, 5.41) is 0. The third-order valence-electron chi connectivity index (χ3n) is 5.81. The number of carbonyl (C=O) groups excluding carboxylic acids is 1. The minimum Gasteiger partial charge on any atom is -0.457 e. The van der Waals surface area contributed by atoms with E-state index in [4.69, 9.17) is 4.74 Å². The van der Waals surface area contributed by atoms with Gasteiger partial charge in [-0.25, -0.2) is 9.78 Å². The van der Waals surface area contributed by atoms with Gasteiger partial charge < -0.3 is 9.30 Å². The Bertz CT molecular complexity index is 1160. The summed E-state index contributed by atoms with van der Waals surface area (Å²) in [5.74, 6) is -0.185. The van der Waals surface area contributed by atoms with Gasteiger partial charge in [0.25, 0.3) is 5.56 Å². The molecule has 8 nitrogen and oxygen atoms in total. The van der Waals surface area contributed by atoms with Crippen LogP contribution >= 0.6 is 0 Å². The number of hydrogen-bond acceptors (Lipinski definition) is 5. The van der Waals surface area contributed by atoms with Crippen molar-refractivity contribution >= 4 is 17.1 Å². The number of aryl methyl sites for hydroxylation is 2. The first kappa shape index (κ1) is 22.5. The van der Waals surface area contributed by atoms with E-state index in [0.717, 1.165) is 24.8 Å². The molecule has 0 aliphatic carbocycles. The second-order valence-electron chi connectivity index (χ2n) is 7.91. The van der Waals surface area contributed by atoms with Crippen molar-refractivity contribution in [2.45, 2.75) is 59.1 Å². The van der Waals surface area contributed by atoms with Crippen LogP contribution < -0.4 is 11.2 Å². The zero-order chi connectivity index (χ0) is 22.5. The lowest BCUT2D eigenvalue weighted by molar-refractivity contribution is -0.148. The molecule has 0 aliphatic rings. The summed E-state index contributed by atoms with van der Waals surface area (Å²) in [4.78, 5) is 44.5. The quantitative estimate of drug-likeness (QED) is 0.530. The van der Waals surface area contributed by atoms with Gasteiger partial charge in [-0.2, -0.15) is 0 Å². The van der Waals surface area contributed by atoms with Gasteiger partial charge in [-0.1, -0.05) is 63.9 Å². The normalized spacial score (nSPS) is 13.3. The van der Waals surface area contributed by atoms with E-state index in [1.807, 2.05) is 51.1 Å². The van der Waals surface area contributed by atoms with Crippen LogP contribution in [-0.4, -0.2) is 25.1 Å². The number of ether oxygens (including phenoxy) is 1. The molecular formula is C23H30N4O4. The fraction of sp³-hybridized carbons (Fsp3) is 0.478. The van der Waals surface area contributed by atoms with Gasteiger partial charge in [-0.3, -0.25) is 19.1 Å². The Balaban J connectivity index is 1.90. The summed E-state index contributed by atoms with van der Waals surface area (Å²) >= 11 is 0. The van der Waals surface area contributed by atoms with E-state index in [1.54, 1.807) is 11.6 Å². The number of aromatic amines is 1. The number of H-pyrrole nitrogens is 1. The highest BCUT2D eigenvalue weighted by Crippen LogP contribution is 2.28. The molecule has 31 heavy (non-hydrogen) atoms. The molecule has 0 saturated carbocycles. The van der Waals surface area contributed by atoms with E-state index in [1.165, 1.54) is 4.57 Å². The van der Waals surface area contributed by atoms with Crippen LogP contribution in [-0.2, 0) is 29.7 Å². The van der Waals surface area contributed by atoms with Crippen LogP contribution in [0.3, 0.4) is 0 Å². The van der Waals surface area contributed by atoms with Crippen LogP contribution in [0.2, 0.25) is 0 Å². The topological polar surface area (TPSA) is 99.0 Å². The summed E-state index contributed by atoms with van der Waals surface area (Å²) in [6, 6.07) is 9.59. The highest BCUT2D eigenvalue weighted by Gasteiger charge is 2.28. The van der Waals surface area contributed by atoms with Gasteiger partial charge >= 0.3 is 11.7 Å². The molecule has 0 saturated heterocycles. The third kappa shape index (κ3) is 4.62. The highest BCUT2D eigenvalue weighted by molar-refractivity contribution is 5.78. The maximum atomic E-state index is 13.0. The van der Waals surface area contributed by atoms with Gasteiger partial charge in [-0.15, -0.1) is 0 Å². The van der Waals surface area contributed by atoms with Crippen LogP contribution in [0.1, 0.15) is 57.3 Å². The Hall–Kier alpha value is -3.16. The van der Waals surface area contributed by atoms with Crippen molar-refractivity contribution in [2.75, 3.05) is 0 Å². The van der Waals surface area contributed by atoms with Gasteiger partial charge in [0.05, 0.1) is 5.92 Å². The number of carbonyl (C=O) groups is 1. The monoisotopic (exact) mass is 426 g/mol. The lowest BCUT2D eigenvalue weighted by Gasteiger charge is -2.21. The lowest BCUT2D eigenvalue weighted by atomic mass is 9.86. The standard InChI is InChI=1S/C23H30N4O4/c1-5-7-13-27-20-19(21(28)25-23(27)30)26(4)17(24-20)14-31-22(29)18(15(3)6-2)16-11-9-8-10-12-16/h8-12,15,18H,5-7,13-14H2,1-4H3,(H,25,28,30)/t15-,18+/m1/s1. The molecule has 0 radical (unpaired) electrons. The van der Waals surface area contributed by atoms with Gasteiger partial charge in [0.2, 0.25) is 0 Å². The van der Waals surface area contributed by atoms with Crippen molar-refractivity contribution in [3.8, 4) is 0 Å². The number of hydrogen-bond donors (Lipinski definition) is 1. The molecule has 2 heterocycles. The number of fused-ring (bicyclic) bond motifs is 1. The van der Waals surface area contributed by atoms with Gasteiger partial charge in [0.1, 0.15) is 12.4 Å². The van der Waals surface area contributed by atoms with Crippen molar-refractivity contribution in [1.29, 1.82) is 0 Å². The van der Waals surface area contributed by atoms with E-state index < -0.39 is 11.2 Å². The van der Waals surface area contributed by atoms with E-state index in [2.05, 4.69) is 9.97 Å². The second-order valence-corrected chi connectivity index (χ2v) is 7.91. The van der Waals surface area contributed by atoms with E-state index in [-0.39, 0.29) is 24.4 Å². The fourth-order valence-electron chi connectivity index (χ4n) is 3.76. The maximum absolute atomic E-state index is 13.0.